The molecule has 3 rings (SSSR count). The third-order valence-corrected chi connectivity index (χ3v) is 7.00. The SMILES string of the molecule is CC(C)CNC(=O)[C@H](Cc1ccccc1)N(Cc1ccc(F)cc1)C(=O)CSCc1ccccc1Cl. The molecule has 36 heavy (non-hydrogen) atoms. The topological polar surface area (TPSA) is 49.4 Å². The van der Waals surface area contributed by atoms with Gasteiger partial charge < -0.3 is 10.2 Å². The Morgan fingerprint density at radius 2 is 1.61 bits per heavy atom. The van der Waals surface area contributed by atoms with Gasteiger partial charge in [0.25, 0.3) is 0 Å². The zero-order chi connectivity index (χ0) is 25.9. The number of nitrogens with one attached hydrogen (secondary N) is 1. The van der Waals surface area contributed by atoms with Gasteiger partial charge in [-0.2, -0.15) is 0 Å². The molecule has 3 aromatic rings. The molecule has 0 aliphatic heterocycles. The molecule has 0 heterocycles. The maximum absolute atomic E-state index is 13.6. The van der Waals surface area contributed by atoms with Gasteiger partial charge in [-0.3, -0.25) is 9.59 Å². The summed E-state index contributed by atoms with van der Waals surface area (Å²) in [6.45, 7) is 4.78. The largest absolute Gasteiger partial charge is 0.354 e. The van der Waals surface area contributed by atoms with Gasteiger partial charge in [-0.25, -0.2) is 4.39 Å². The summed E-state index contributed by atoms with van der Waals surface area (Å²) in [5.41, 5.74) is 2.68. The van der Waals surface area contributed by atoms with E-state index in [1.807, 2.05) is 68.4 Å². The van der Waals surface area contributed by atoms with E-state index < -0.39 is 6.04 Å². The summed E-state index contributed by atoms with van der Waals surface area (Å²) < 4.78 is 13.5. The number of benzene rings is 3. The smallest absolute Gasteiger partial charge is 0.243 e. The highest BCUT2D eigenvalue weighted by molar-refractivity contribution is 7.99. The van der Waals surface area contributed by atoms with Gasteiger partial charge in [-0.15, -0.1) is 11.8 Å². The molecule has 0 radical (unpaired) electrons. The molecule has 1 atom stereocenters. The molecular formula is C29H32ClFN2O2S. The van der Waals surface area contributed by atoms with Crippen LogP contribution in [0.25, 0.3) is 0 Å². The predicted molar refractivity (Wildman–Crippen MR) is 146 cm³/mol. The van der Waals surface area contributed by atoms with Crippen LogP contribution in [0.5, 0.6) is 0 Å². The quantitative estimate of drug-likeness (QED) is 0.309. The standard InChI is InChI=1S/C29H32ClFN2O2S/c1-21(2)17-32-29(35)27(16-22-8-4-3-5-9-22)33(18-23-12-14-25(31)15-13-23)28(34)20-36-19-24-10-6-7-11-26(24)30/h3-15,21,27H,16-20H2,1-2H3,(H,32,35)/t27-/m0/s1. The van der Waals surface area contributed by atoms with Crippen LogP contribution >= 0.6 is 23.4 Å². The fraction of sp³-hybridized carbons (Fsp3) is 0.310. The van der Waals surface area contributed by atoms with Crippen LogP contribution in [0.4, 0.5) is 4.39 Å². The Morgan fingerprint density at radius 3 is 2.28 bits per heavy atom. The first-order valence-electron chi connectivity index (χ1n) is 12.0. The van der Waals surface area contributed by atoms with Crippen LogP contribution in [-0.2, 0) is 28.3 Å². The van der Waals surface area contributed by atoms with E-state index in [9.17, 15) is 14.0 Å². The summed E-state index contributed by atoms with van der Waals surface area (Å²) in [7, 11) is 0. The van der Waals surface area contributed by atoms with E-state index in [1.54, 1.807) is 17.0 Å². The van der Waals surface area contributed by atoms with Gasteiger partial charge >= 0.3 is 0 Å². The van der Waals surface area contributed by atoms with Crippen LogP contribution in [0.1, 0.15) is 30.5 Å². The molecule has 0 unspecified atom stereocenters. The van der Waals surface area contributed by atoms with Crippen molar-refractivity contribution in [3.63, 3.8) is 0 Å². The molecule has 0 bridgehead atoms. The van der Waals surface area contributed by atoms with Crippen molar-refractivity contribution in [2.45, 2.75) is 38.6 Å². The minimum Gasteiger partial charge on any atom is -0.354 e. The number of hydrogen-bond acceptors (Lipinski definition) is 3. The van der Waals surface area contributed by atoms with E-state index in [0.717, 1.165) is 16.7 Å². The molecule has 0 saturated carbocycles. The average molecular weight is 527 g/mol. The van der Waals surface area contributed by atoms with Crippen molar-refractivity contribution < 1.29 is 14.0 Å². The highest BCUT2D eigenvalue weighted by atomic mass is 35.5. The number of thioether (sulfide) groups is 1. The van der Waals surface area contributed by atoms with Crippen LogP contribution in [0.2, 0.25) is 5.02 Å². The lowest BCUT2D eigenvalue weighted by molar-refractivity contribution is -0.139. The number of halogens is 2. The second-order valence-electron chi connectivity index (χ2n) is 9.08. The molecule has 7 heteroatoms. The van der Waals surface area contributed by atoms with Crippen LogP contribution in [-0.4, -0.2) is 35.1 Å². The van der Waals surface area contributed by atoms with Crippen molar-refractivity contribution in [2.75, 3.05) is 12.3 Å². The van der Waals surface area contributed by atoms with E-state index in [2.05, 4.69) is 5.32 Å². The van der Waals surface area contributed by atoms with Crippen molar-refractivity contribution in [1.82, 2.24) is 10.2 Å². The van der Waals surface area contributed by atoms with Gasteiger partial charge in [0.2, 0.25) is 11.8 Å². The summed E-state index contributed by atoms with van der Waals surface area (Å²) in [6.07, 6.45) is 0.382. The number of amides is 2. The van der Waals surface area contributed by atoms with Gasteiger partial charge in [0, 0.05) is 30.3 Å². The van der Waals surface area contributed by atoms with Crippen molar-refractivity contribution in [3.05, 3.63) is 106 Å². The van der Waals surface area contributed by atoms with Crippen LogP contribution < -0.4 is 5.32 Å². The lowest BCUT2D eigenvalue weighted by atomic mass is 10.0. The number of hydrogen-bond donors (Lipinski definition) is 1. The Balaban J connectivity index is 1.84. The summed E-state index contributed by atoms with van der Waals surface area (Å²) >= 11 is 7.73. The lowest BCUT2D eigenvalue weighted by Crippen LogP contribution is -2.51. The minimum atomic E-state index is -0.704. The Hall–Kier alpha value is -2.83. The second kappa shape index (κ2) is 14.0. The molecule has 0 aliphatic rings. The number of rotatable bonds is 12. The van der Waals surface area contributed by atoms with E-state index in [-0.39, 0.29) is 35.8 Å². The average Bonchev–Trinajstić information content (AvgIpc) is 2.87. The van der Waals surface area contributed by atoms with E-state index in [4.69, 9.17) is 11.6 Å². The molecule has 4 nitrogen and oxygen atoms in total. The Labute approximate surface area is 222 Å². The molecule has 2 amide bonds. The summed E-state index contributed by atoms with van der Waals surface area (Å²) in [5.74, 6) is 0.353. The summed E-state index contributed by atoms with van der Waals surface area (Å²) in [4.78, 5) is 28.6. The Kier molecular flexibility index (Phi) is 10.8. The Bertz CT molecular complexity index is 1130. The van der Waals surface area contributed by atoms with Gasteiger partial charge in [0.1, 0.15) is 11.9 Å². The normalized spacial score (nSPS) is 11.8. The fourth-order valence-electron chi connectivity index (χ4n) is 3.71. The maximum atomic E-state index is 13.6. The first-order valence-corrected chi connectivity index (χ1v) is 13.5. The van der Waals surface area contributed by atoms with Gasteiger partial charge in [0.05, 0.1) is 5.75 Å². The van der Waals surface area contributed by atoms with Gasteiger partial charge in [-0.1, -0.05) is 86.1 Å². The van der Waals surface area contributed by atoms with Gasteiger partial charge in [0.15, 0.2) is 0 Å². The maximum Gasteiger partial charge on any atom is 0.243 e. The van der Waals surface area contributed by atoms with Crippen molar-refractivity contribution in [2.24, 2.45) is 5.92 Å². The van der Waals surface area contributed by atoms with E-state index in [1.165, 1.54) is 23.9 Å². The molecule has 3 aromatic carbocycles. The molecule has 190 valence electrons. The molecule has 1 N–H and O–H groups in total. The summed E-state index contributed by atoms with van der Waals surface area (Å²) in [5, 5.41) is 3.67. The minimum absolute atomic E-state index is 0.156. The molecule has 0 saturated heterocycles. The van der Waals surface area contributed by atoms with E-state index >= 15 is 0 Å². The third kappa shape index (κ3) is 8.68. The summed E-state index contributed by atoms with van der Waals surface area (Å²) in [6, 6.07) is 22.6. The van der Waals surface area contributed by atoms with Crippen molar-refractivity contribution in [1.29, 1.82) is 0 Å². The first kappa shape index (κ1) is 27.8. The fourth-order valence-corrected chi connectivity index (χ4v) is 4.91. The van der Waals surface area contributed by atoms with Crippen molar-refractivity contribution in [3.8, 4) is 0 Å². The molecule has 0 aliphatic carbocycles. The highest BCUT2D eigenvalue weighted by Crippen LogP contribution is 2.22. The number of carbonyl (C=O) groups excluding carboxylic acids is 2. The number of nitrogens with zero attached hydrogens (tertiary/aromatic N) is 1. The van der Waals surface area contributed by atoms with Crippen LogP contribution in [0.3, 0.4) is 0 Å². The van der Waals surface area contributed by atoms with Crippen LogP contribution in [0, 0.1) is 11.7 Å². The van der Waals surface area contributed by atoms with Crippen LogP contribution in [0.15, 0.2) is 78.9 Å². The molecule has 0 spiro atoms. The monoisotopic (exact) mass is 526 g/mol. The van der Waals surface area contributed by atoms with Gasteiger partial charge in [-0.05, 0) is 40.8 Å². The first-order chi connectivity index (χ1) is 17.3. The zero-order valence-corrected chi connectivity index (χ0v) is 22.2. The molecule has 0 aromatic heterocycles. The molecular weight excluding hydrogens is 495 g/mol. The van der Waals surface area contributed by atoms with Crippen molar-refractivity contribution >= 4 is 35.2 Å². The Morgan fingerprint density at radius 1 is 0.944 bits per heavy atom. The number of carbonyl (C=O) groups is 2. The third-order valence-electron chi connectivity index (χ3n) is 5.66. The highest BCUT2D eigenvalue weighted by Gasteiger charge is 2.30. The zero-order valence-electron chi connectivity index (χ0n) is 20.6. The predicted octanol–water partition coefficient (Wildman–Crippen LogP) is 6.12. The molecule has 0 fully saturated rings. The van der Waals surface area contributed by atoms with E-state index in [0.29, 0.717) is 23.7 Å². The second-order valence-corrected chi connectivity index (χ2v) is 10.5. The lowest BCUT2D eigenvalue weighted by Gasteiger charge is -2.32.